The van der Waals surface area contributed by atoms with E-state index in [9.17, 15) is 0 Å². The molecule has 3 nitrogen and oxygen atoms in total. The van der Waals surface area contributed by atoms with Crippen molar-refractivity contribution in [1.29, 1.82) is 0 Å². The fourth-order valence-electron chi connectivity index (χ4n) is 1.56. The van der Waals surface area contributed by atoms with E-state index in [-0.39, 0.29) is 0 Å². The molecular weight excluding hydrogens is 162 g/mol. The number of hydrogen-bond acceptors (Lipinski definition) is 2. The van der Waals surface area contributed by atoms with E-state index in [2.05, 4.69) is 23.5 Å². The number of nitrogens with zero attached hydrogens (tertiary/aromatic N) is 2. The molecule has 1 aromatic rings. The van der Waals surface area contributed by atoms with Crippen LogP contribution in [-0.2, 0) is 13.5 Å². The molecule has 0 amide bonds. The second-order valence-electron chi connectivity index (χ2n) is 3.50. The predicted octanol–water partition coefficient (Wildman–Crippen LogP) is 1.35. The summed E-state index contributed by atoms with van der Waals surface area (Å²) in [6, 6.07) is 0.592. The number of hydrogen-bond donors (Lipinski definition) is 1. The number of rotatable bonds is 5. The van der Waals surface area contributed by atoms with Crippen molar-refractivity contribution in [1.82, 2.24) is 15.1 Å². The molecule has 1 heterocycles. The lowest BCUT2D eigenvalue weighted by Gasteiger charge is -2.13. The minimum absolute atomic E-state index is 0.592. The predicted molar refractivity (Wildman–Crippen MR) is 54.7 cm³/mol. The van der Waals surface area contributed by atoms with E-state index in [0.29, 0.717) is 6.04 Å². The molecule has 0 aliphatic carbocycles. The second-order valence-corrected chi connectivity index (χ2v) is 3.50. The number of aromatic nitrogens is 2. The summed E-state index contributed by atoms with van der Waals surface area (Å²) in [5.74, 6) is 0. The van der Waals surface area contributed by atoms with Crippen LogP contribution in [0.4, 0.5) is 0 Å². The van der Waals surface area contributed by atoms with Crippen LogP contribution in [0.2, 0.25) is 0 Å². The minimum Gasteiger partial charge on any atom is -0.317 e. The third-order valence-corrected chi connectivity index (χ3v) is 2.29. The molecule has 0 fully saturated rings. The fourth-order valence-corrected chi connectivity index (χ4v) is 1.56. The molecule has 1 rings (SSSR count). The van der Waals surface area contributed by atoms with Crippen LogP contribution in [0.15, 0.2) is 12.4 Å². The molecule has 0 spiro atoms. The molecule has 0 aliphatic heterocycles. The van der Waals surface area contributed by atoms with Gasteiger partial charge >= 0.3 is 0 Å². The Balaban J connectivity index is 2.46. The number of likely N-dealkylation sites (N-methyl/N-ethyl adjacent to an activating group) is 1. The maximum atomic E-state index is 4.15. The van der Waals surface area contributed by atoms with Crippen molar-refractivity contribution in [3.05, 3.63) is 18.0 Å². The lowest BCUT2D eigenvalue weighted by atomic mass is 10.1. The van der Waals surface area contributed by atoms with Crippen LogP contribution in [0, 0.1) is 0 Å². The highest BCUT2D eigenvalue weighted by molar-refractivity contribution is 5.05. The molecule has 0 aromatic carbocycles. The third kappa shape index (κ3) is 3.19. The normalized spacial score (nSPS) is 13.2. The molecule has 0 saturated carbocycles. The Labute approximate surface area is 80.1 Å². The van der Waals surface area contributed by atoms with Gasteiger partial charge in [-0.1, -0.05) is 13.3 Å². The first-order valence-corrected chi connectivity index (χ1v) is 4.91. The molecular formula is C10H19N3. The summed E-state index contributed by atoms with van der Waals surface area (Å²) in [4.78, 5) is 0. The van der Waals surface area contributed by atoms with Crippen LogP contribution in [-0.4, -0.2) is 22.9 Å². The van der Waals surface area contributed by atoms with Crippen molar-refractivity contribution in [2.24, 2.45) is 7.05 Å². The standard InChI is InChI=1S/C10H19N3/c1-4-5-10(11-2)6-9-7-12-13(3)8-9/h7-8,10-11H,4-6H2,1-3H3. The molecule has 3 heteroatoms. The molecule has 1 N–H and O–H groups in total. The van der Waals surface area contributed by atoms with Crippen LogP contribution in [0.5, 0.6) is 0 Å². The van der Waals surface area contributed by atoms with Gasteiger partial charge in [0.2, 0.25) is 0 Å². The average molecular weight is 181 g/mol. The molecule has 0 radical (unpaired) electrons. The monoisotopic (exact) mass is 181 g/mol. The Bertz CT molecular complexity index is 242. The summed E-state index contributed by atoms with van der Waals surface area (Å²) < 4.78 is 1.86. The van der Waals surface area contributed by atoms with Crippen molar-refractivity contribution < 1.29 is 0 Å². The maximum Gasteiger partial charge on any atom is 0.0522 e. The van der Waals surface area contributed by atoms with Crippen LogP contribution in [0.1, 0.15) is 25.3 Å². The van der Waals surface area contributed by atoms with Crippen molar-refractivity contribution >= 4 is 0 Å². The van der Waals surface area contributed by atoms with E-state index in [0.717, 1.165) is 6.42 Å². The van der Waals surface area contributed by atoms with Crippen molar-refractivity contribution in [2.45, 2.75) is 32.2 Å². The first-order valence-electron chi connectivity index (χ1n) is 4.91. The van der Waals surface area contributed by atoms with Crippen LogP contribution < -0.4 is 5.32 Å². The van der Waals surface area contributed by atoms with Gasteiger partial charge in [0.15, 0.2) is 0 Å². The zero-order chi connectivity index (χ0) is 9.68. The summed E-state index contributed by atoms with van der Waals surface area (Å²) >= 11 is 0. The zero-order valence-corrected chi connectivity index (χ0v) is 8.75. The van der Waals surface area contributed by atoms with Gasteiger partial charge in [-0.3, -0.25) is 4.68 Å². The maximum absolute atomic E-state index is 4.15. The molecule has 1 aromatic heterocycles. The highest BCUT2D eigenvalue weighted by Crippen LogP contribution is 2.05. The van der Waals surface area contributed by atoms with Gasteiger partial charge in [-0.2, -0.15) is 5.10 Å². The number of aryl methyl sites for hydroxylation is 1. The first-order chi connectivity index (χ1) is 6.26. The third-order valence-electron chi connectivity index (χ3n) is 2.29. The molecule has 1 atom stereocenters. The molecule has 0 aliphatic rings. The summed E-state index contributed by atoms with van der Waals surface area (Å²) in [5.41, 5.74) is 1.32. The van der Waals surface area contributed by atoms with E-state index < -0.39 is 0 Å². The van der Waals surface area contributed by atoms with E-state index in [1.165, 1.54) is 18.4 Å². The molecule has 74 valence electrons. The fraction of sp³-hybridized carbons (Fsp3) is 0.700. The summed E-state index contributed by atoms with van der Waals surface area (Å²) in [6.45, 7) is 2.22. The lowest BCUT2D eigenvalue weighted by Crippen LogP contribution is -2.27. The van der Waals surface area contributed by atoms with Gasteiger partial charge in [0.1, 0.15) is 0 Å². The van der Waals surface area contributed by atoms with Gasteiger partial charge in [0.25, 0.3) is 0 Å². The Morgan fingerprint density at radius 3 is 2.85 bits per heavy atom. The highest BCUT2D eigenvalue weighted by Gasteiger charge is 2.06. The van der Waals surface area contributed by atoms with Crippen LogP contribution in [0.3, 0.4) is 0 Å². The minimum atomic E-state index is 0.592. The van der Waals surface area contributed by atoms with E-state index in [4.69, 9.17) is 0 Å². The highest BCUT2D eigenvalue weighted by atomic mass is 15.2. The van der Waals surface area contributed by atoms with Gasteiger partial charge in [-0.15, -0.1) is 0 Å². The first kappa shape index (κ1) is 10.3. The summed E-state index contributed by atoms with van der Waals surface area (Å²) in [7, 11) is 3.98. The molecule has 13 heavy (non-hydrogen) atoms. The van der Waals surface area contributed by atoms with E-state index in [1.807, 2.05) is 25.0 Å². The van der Waals surface area contributed by atoms with Crippen molar-refractivity contribution in [2.75, 3.05) is 7.05 Å². The topological polar surface area (TPSA) is 29.9 Å². The zero-order valence-electron chi connectivity index (χ0n) is 8.75. The van der Waals surface area contributed by atoms with Gasteiger partial charge in [0.05, 0.1) is 6.20 Å². The van der Waals surface area contributed by atoms with Crippen molar-refractivity contribution in [3.63, 3.8) is 0 Å². The van der Waals surface area contributed by atoms with Gasteiger partial charge in [0, 0.05) is 19.3 Å². The van der Waals surface area contributed by atoms with Gasteiger partial charge < -0.3 is 5.32 Å². The van der Waals surface area contributed by atoms with Gasteiger partial charge in [-0.25, -0.2) is 0 Å². The van der Waals surface area contributed by atoms with Crippen molar-refractivity contribution in [3.8, 4) is 0 Å². The Morgan fingerprint density at radius 1 is 1.62 bits per heavy atom. The quantitative estimate of drug-likeness (QED) is 0.743. The Kier molecular flexibility index (Phi) is 3.96. The average Bonchev–Trinajstić information content (AvgIpc) is 2.50. The van der Waals surface area contributed by atoms with Gasteiger partial charge in [-0.05, 0) is 25.5 Å². The van der Waals surface area contributed by atoms with E-state index in [1.54, 1.807) is 0 Å². The Hall–Kier alpha value is -0.830. The smallest absolute Gasteiger partial charge is 0.0522 e. The second kappa shape index (κ2) is 5.02. The van der Waals surface area contributed by atoms with Crippen LogP contribution >= 0.6 is 0 Å². The summed E-state index contributed by atoms with van der Waals surface area (Å²) in [5, 5.41) is 7.48. The molecule has 0 bridgehead atoms. The molecule has 0 saturated heterocycles. The lowest BCUT2D eigenvalue weighted by molar-refractivity contribution is 0.513. The summed E-state index contributed by atoms with van der Waals surface area (Å²) in [6.07, 6.45) is 7.56. The Morgan fingerprint density at radius 2 is 2.38 bits per heavy atom. The van der Waals surface area contributed by atoms with E-state index >= 15 is 0 Å². The molecule has 1 unspecified atom stereocenters. The largest absolute Gasteiger partial charge is 0.317 e. The SMILES string of the molecule is CCCC(Cc1cnn(C)c1)NC. The number of nitrogens with one attached hydrogen (secondary N) is 1. The van der Waals surface area contributed by atoms with Crippen LogP contribution in [0.25, 0.3) is 0 Å².